The zero-order valence-electron chi connectivity index (χ0n) is 21.5. The molecule has 3 N–H and O–H groups in total. The summed E-state index contributed by atoms with van der Waals surface area (Å²) in [5, 5.41) is 11.1. The Balaban J connectivity index is 1.11. The molecule has 0 spiro atoms. The van der Waals surface area contributed by atoms with E-state index in [1.807, 2.05) is 24.3 Å². The average Bonchev–Trinajstić information content (AvgIpc) is 2.82. The molecule has 1 heterocycles. The summed E-state index contributed by atoms with van der Waals surface area (Å²) in [6, 6.07) is 10.2. The highest BCUT2D eigenvalue weighted by atomic mass is 16.1. The van der Waals surface area contributed by atoms with Crippen LogP contribution < -0.4 is 16.0 Å². The monoisotopic (exact) mass is 475 g/mol. The van der Waals surface area contributed by atoms with E-state index in [0.29, 0.717) is 6.42 Å². The maximum absolute atomic E-state index is 13.2. The number of hydrogen-bond donors (Lipinski definition) is 3. The maximum atomic E-state index is 13.2. The summed E-state index contributed by atoms with van der Waals surface area (Å²) in [6.07, 6.45) is 14.8. The van der Waals surface area contributed by atoms with Crippen molar-refractivity contribution in [3.8, 4) is 0 Å². The van der Waals surface area contributed by atoms with E-state index in [1.54, 1.807) is 0 Å². The van der Waals surface area contributed by atoms with Gasteiger partial charge in [-0.3, -0.25) is 4.79 Å². The van der Waals surface area contributed by atoms with Gasteiger partial charge in [0.15, 0.2) is 0 Å². The van der Waals surface area contributed by atoms with Crippen LogP contribution >= 0.6 is 0 Å². The molecule has 5 nitrogen and oxygen atoms in total. The van der Waals surface area contributed by atoms with Crippen molar-refractivity contribution in [3.05, 3.63) is 36.9 Å². The number of rotatable bonds is 13. The molecule has 1 amide bonds. The first kappa shape index (κ1) is 24.5. The van der Waals surface area contributed by atoms with Gasteiger partial charge in [-0.2, -0.15) is 0 Å². The number of anilines is 2. The molecule has 4 bridgehead atoms. The number of nitrogens with zero attached hydrogens (tertiary/aromatic N) is 1. The summed E-state index contributed by atoms with van der Waals surface area (Å²) in [7, 11) is 0. The molecule has 4 aliphatic rings. The lowest BCUT2D eigenvalue weighted by molar-refractivity contribution is -0.124. The predicted octanol–water partition coefficient (Wildman–Crippen LogP) is 6.91. The smallest absolute Gasteiger partial charge is 0.224 e. The third-order valence-electron chi connectivity index (χ3n) is 8.61. The minimum absolute atomic E-state index is 0.181. The number of fused-ring (bicyclic) bond motifs is 1. The summed E-state index contributed by atoms with van der Waals surface area (Å²) in [4.78, 5) is 18.0. The summed E-state index contributed by atoms with van der Waals surface area (Å²) in [5.74, 6) is 3.70. The van der Waals surface area contributed by atoms with E-state index < -0.39 is 0 Å². The van der Waals surface area contributed by atoms with Crippen LogP contribution in [0.3, 0.4) is 0 Å². The fourth-order valence-corrected chi connectivity index (χ4v) is 7.51. The number of unbranched alkanes of at least 4 members (excludes halogenated alkanes) is 3. The molecule has 1 radical (unpaired) electrons. The van der Waals surface area contributed by atoms with Gasteiger partial charge in [0.2, 0.25) is 5.91 Å². The quantitative estimate of drug-likeness (QED) is 0.275. The van der Waals surface area contributed by atoms with Crippen LogP contribution in [-0.4, -0.2) is 24.0 Å². The van der Waals surface area contributed by atoms with Gasteiger partial charge in [0.1, 0.15) is 5.82 Å². The molecule has 2 aromatic rings. The Morgan fingerprint density at radius 1 is 1.00 bits per heavy atom. The molecule has 1 aromatic carbocycles. The van der Waals surface area contributed by atoms with Crippen LogP contribution in [0.4, 0.5) is 11.5 Å². The first-order chi connectivity index (χ1) is 17.1. The van der Waals surface area contributed by atoms with Gasteiger partial charge in [-0.1, -0.05) is 32.3 Å². The van der Waals surface area contributed by atoms with Gasteiger partial charge >= 0.3 is 0 Å². The normalized spacial score (nSPS) is 26.8. The molecule has 189 valence electrons. The van der Waals surface area contributed by atoms with Gasteiger partial charge in [-0.25, -0.2) is 4.98 Å². The predicted molar refractivity (Wildman–Crippen MR) is 145 cm³/mol. The molecule has 4 fully saturated rings. The molecule has 4 saturated carbocycles. The van der Waals surface area contributed by atoms with Crippen molar-refractivity contribution in [2.75, 3.05) is 23.7 Å². The number of hydrogen-bond acceptors (Lipinski definition) is 4. The molecule has 4 aliphatic carbocycles. The summed E-state index contributed by atoms with van der Waals surface area (Å²) in [6.45, 7) is 6.30. The second-order valence-electron chi connectivity index (χ2n) is 11.6. The third kappa shape index (κ3) is 6.17. The highest BCUT2D eigenvalue weighted by Gasteiger charge is 2.51. The molecule has 0 unspecified atom stereocenters. The molecule has 5 heteroatoms. The van der Waals surface area contributed by atoms with Crippen molar-refractivity contribution in [1.29, 1.82) is 0 Å². The van der Waals surface area contributed by atoms with Gasteiger partial charge in [0.25, 0.3) is 0 Å². The van der Waals surface area contributed by atoms with Crippen molar-refractivity contribution < 1.29 is 4.79 Å². The van der Waals surface area contributed by atoms with Crippen LogP contribution in [0.1, 0.15) is 84.0 Å². The first-order valence-corrected chi connectivity index (χ1v) is 14.1. The number of pyridine rings is 1. The van der Waals surface area contributed by atoms with Gasteiger partial charge in [-0.05, 0) is 105 Å². The van der Waals surface area contributed by atoms with Crippen molar-refractivity contribution in [1.82, 2.24) is 10.3 Å². The Bertz CT molecular complexity index is 968. The molecule has 6 rings (SSSR count). The van der Waals surface area contributed by atoms with E-state index in [0.717, 1.165) is 66.1 Å². The molecule has 0 saturated heterocycles. The molecule has 1 aromatic heterocycles. The van der Waals surface area contributed by atoms with E-state index in [4.69, 9.17) is 4.98 Å². The lowest BCUT2D eigenvalue weighted by Crippen LogP contribution is -2.47. The van der Waals surface area contributed by atoms with Crippen molar-refractivity contribution in [2.45, 2.75) is 84.0 Å². The van der Waals surface area contributed by atoms with E-state index in [2.05, 4.69) is 35.5 Å². The number of aromatic nitrogens is 1. The van der Waals surface area contributed by atoms with Crippen LogP contribution in [0.5, 0.6) is 0 Å². The Labute approximate surface area is 211 Å². The number of carbonyl (C=O) groups is 1. The van der Waals surface area contributed by atoms with Crippen molar-refractivity contribution in [3.63, 3.8) is 0 Å². The summed E-state index contributed by atoms with van der Waals surface area (Å²) in [5.41, 5.74) is 2.07. The zero-order chi connectivity index (χ0) is 24.1. The Hall–Kier alpha value is -2.14. The van der Waals surface area contributed by atoms with Crippen LogP contribution in [0.25, 0.3) is 10.9 Å². The minimum Gasteiger partial charge on any atom is -0.370 e. The fourth-order valence-electron chi connectivity index (χ4n) is 7.51. The summed E-state index contributed by atoms with van der Waals surface area (Å²) < 4.78 is 0. The van der Waals surface area contributed by atoms with Gasteiger partial charge in [0.05, 0.1) is 11.2 Å². The van der Waals surface area contributed by atoms with E-state index in [-0.39, 0.29) is 11.3 Å². The molecular formula is C30H43N4O. The molecule has 0 atom stereocenters. The minimum atomic E-state index is 0.181. The lowest BCUT2D eigenvalue weighted by Gasteiger charge is -2.56. The third-order valence-corrected chi connectivity index (χ3v) is 8.61. The SMILES string of the molecule is CCCCC[CH]NCCCNc1ccc2c(NC(=O)CC34CC5CC(CC(C5)C3)C4)cccc2n1. The Kier molecular flexibility index (Phi) is 7.91. The maximum Gasteiger partial charge on any atom is 0.224 e. The second kappa shape index (κ2) is 11.3. The van der Waals surface area contributed by atoms with E-state index >= 15 is 0 Å². The molecular weight excluding hydrogens is 432 g/mol. The Morgan fingerprint density at radius 2 is 1.77 bits per heavy atom. The van der Waals surface area contributed by atoms with E-state index in [9.17, 15) is 4.79 Å². The van der Waals surface area contributed by atoms with Crippen molar-refractivity contribution >= 4 is 28.3 Å². The van der Waals surface area contributed by atoms with Crippen LogP contribution in [-0.2, 0) is 4.79 Å². The highest BCUT2D eigenvalue weighted by molar-refractivity contribution is 6.01. The van der Waals surface area contributed by atoms with Crippen LogP contribution in [0.2, 0.25) is 0 Å². The number of amides is 1. The van der Waals surface area contributed by atoms with Gasteiger partial charge < -0.3 is 16.0 Å². The Morgan fingerprint density at radius 3 is 2.51 bits per heavy atom. The standard InChI is InChI=1S/C30H43N4O/c1-2-3-4-5-12-31-13-7-14-32-28-11-10-25-26(33-28)8-6-9-27(25)34-29(35)21-30-18-22-15-23(19-30)17-24(16-22)20-30/h6,8-12,22-24,31H,2-5,7,13-21H2,1H3,(H,32,33)(H,34,35). The van der Waals surface area contributed by atoms with Crippen LogP contribution in [0.15, 0.2) is 30.3 Å². The van der Waals surface area contributed by atoms with Gasteiger partial charge in [-0.15, -0.1) is 0 Å². The molecule has 0 aliphatic heterocycles. The second-order valence-corrected chi connectivity index (χ2v) is 11.6. The number of benzene rings is 1. The fraction of sp³-hybridized carbons (Fsp3) is 0.633. The molecule has 35 heavy (non-hydrogen) atoms. The van der Waals surface area contributed by atoms with Crippen molar-refractivity contribution in [2.24, 2.45) is 23.2 Å². The first-order valence-electron chi connectivity index (χ1n) is 14.1. The number of carbonyl (C=O) groups excluding carboxylic acids is 1. The summed E-state index contributed by atoms with van der Waals surface area (Å²) >= 11 is 0. The highest BCUT2D eigenvalue weighted by Crippen LogP contribution is 2.61. The average molecular weight is 476 g/mol. The van der Waals surface area contributed by atoms with Gasteiger partial charge in [0, 0.05) is 24.9 Å². The number of nitrogens with one attached hydrogen (secondary N) is 3. The topological polar surface area (TPSA) is 66.0 Å². The van der Waals surface area contributed by atoms with Crippen LogP contribution in [0, 0.1) is 29.7 Å². The lowest BCUT2D eigenvalue weighted by atomic mass is 9.49. The largest absolute Gasteiger partial charge is 0.370 e. The van der Waals surface area contributed by atoms with E-state index in [1.165, 1.54) is 57.8 Å². The zero-order valence-corrected chi connectivity index (χ0v) is 21.5.